The van der Waals surface area contributed by atoms with Crippen molar-refractivity contribution in [2.45, 2.75) is 38.5 Å². The summed E-state index contributed by atoms with van der Waals surface area (Å²) in [5.41, 5.74) is -0.895. The number of nitrogens with one attached hydrogen (secondary N) is 1. The molecule has 1 heterocycles. The van der Waals surface area contributed by atoms with E-state index in [9.17, 15) is 15.0 Å². The number of aliphatic hydroxyl groups excluding tert-OH is 2. The molecule has 0 spiro atoms. The first-order chi connectivity index (χ1) is 8.28. The summed E-state index contributed by atoms with van der Waals surface area (Å²) in [7, 11) is 0. The molecule has 3 atom stereocenters. The topological polar surface area (TPSA) is 96.6 Å². The van der Waals surface area contributed by atoms with Gasteiger partial charge in [0, 0.05) is 13.1 Å². The molecule has 102 valence electrons. The summed E-state index contributed by atoms with van der Waals surface area (Å²) in [6.45, 7) is 6.06. The molecule has 3 N–H and O–H groups in total. The molecule has 0 bridgehead atoms. The molecule has 3 unspecified atom stereocenters. The van der Waals surface area contributed by atoms with Crippen molar-refractivity contribution in [2.75, 3.05) is 19.6 Å². The largest absolute Gasteiger partial charge is 0.389 e. The van der Waals surface area contributed by atoms with E-state index in [2.05, 4.69) is 11.4 Å². The standard InChI is InChI=1S/C12H21N3O3/c1-8(2)12(3,7-13)14-11(18)6-15-4-9(16)10(17)5-15/h8-10,16-17H,4-6H2,1-3H3,(H,14,18). The van der Waals surface area contributed by atoms with Gasteiger partial charge in [-0.05, 0) is 12.8 Å². The third-order valence-corrected chi connectivity index (χ3v) is 3.49. The van der Waals surface area contributed by atoms with Crippen molar-refractivity contribution >= 4 is 5.91 Å². The smallest absolute Gasteiger partial charge is 0.235 e. The fourth-order valence-electron chi connectivity index (χ4n) is 1.81. The van der Waals surface area contributed by atoms with Gasteiger partial charge in [-0.1, -0.05) is 13.8 Å². The molecule has 0 aromatic heterocycles. The molecule has 1 aliphatic rings. The van der Waals surface area contributed by atoms with E-state index in [1.807, 2.05) is 13.8 Å². The van der Waals surface area contributed by atoms with Crippen LogP contribution >= 0.6 is 0 Å². The van der Waals surface area contributed by atoms with E-state index < -0.39 is 17.7 Å². The number of amides is 1. The maximum absolute atomic E-state index is 11.8. The third-order valence-electron chi connectivity index (χ3n) is 3.49. The van der Waals surface area contributed by atoms with Crippen LogP contribution in [0.2, 0.25) is 0 Å². The summed E-state index contributed by atoms with van der Waals surface area (Å²) < 4.78 is 0. The molecule has 1 rings (SSSR count). The van der Waals surface area contributed by atoms with Gasteiger partial charge in [0.15, 0.2) is 0 Å². The van der Waals surface area contributed by atoms with Crippen LogP contribution in [-0.2, 0) is 4.79 Å². The molecule has 0 aliphatic carbocycles. The second kappa shape index (κ2) is 5.65. The zero-order valence-corrected chi connectivity index (χ0v) is 11.1. The predicted molar refractivity (Wildman–Crippen MR) is 65.5 cm³/mol. The monoisotopic (exact) mass is 255 g/mol. The van der Waals surface area contributed by atoms with Gasteiger partial charge in [0.25, 0.3) is 0 Å². The molecule has 0 aromatic carbocycles. The number of aliphatic hydroxyl groups is 2. The van der Waals surface area contributed by atoms with Crippen molar-refractivity contribution in [3.63, 3.8) is 0 Å². The number of nitriles is 1. The summed E-state index contributed by atoms with van der Waals surface area (Å²) in [6, 6.07) is 2.10. The first-order valence-electron chi connectivity index (χ1n) is 6.09. The highest BCUT2D eigenvalue weighted by molar-refractivity contribution is 5.79. The van der Waals surface area contributed by atoms with Gasteiger partial charge < -0.3 is 15.5 Å². The van der Waals surface area contributed by atoms with Crippen molar-refractivity contribution in [3.05, 3.63) is 0 Å². The second-order valence-corrected chi connectivity index (χ2v) is 5.35. The van der Waals surface area contributed by atoms with Crippen LogP contribution in [0.25, 0.3) is 0 Å². The van der Waals surface area contributed by atoms with E-state index in [0.717, 1.165) is 0 Å². The fraction of sp³-hybridized carbons (Fsp3) is 0.833. The van der Waals surface area contributed by atoms with Gasteiger partial charge in [0.05, 0.1) is 24.8 Å². The third kappa shape index (κ3) is 3.42. The number of carbonyl (C=O) groups is 1. The Morgan fingerprint density at radius 2 is 2.00 bits per heavy atom. The SMILES string of the molecule is CC(C)C(C)(C#N)NC(=O)CN1CC(O)C(O)C1. The lowest BCUT2D eigenvalue weighted by molar-refractivity contribution is -0.123. The van der Waals surface area contributed by atoms with Crippen LogP contribution in [0.5, 0.6) is 0 Å². The summed E-state index contributed by atoms with van der Waals surface area (Å²) in [4.78, 5) is 13.5. The zero-order chi connectivity index (χ0) is 13.9. The number of β-amino-alcohol motifs (C(OH)–C–C–N with tert-alkyl or cyclic N) is 2. The van der Waals surface area contributed by atoms with E-state index >= 15 is 0 Å². The molecule has 1 amide bonds. The van der Waals surface area contributed by atoms with E-state index in [4.69, 9.17) is 5.26 Å². The normalized spacial score (nSPS) is 27.8. The minimum atomic E-state index is -0.895. The molecular formula is C12H21N3O3. The summed E-state index contributed by atoms with van der Waals surface area (Å²) >= 11 is 0. The average Bonchev–Trinajstić information content (AvgIpc) is 2.57. The van der Waals surface area contributed by atoms with Crippen LogP contribution < -0.4 is 5.32 Å². The molecule has 0 aromatic rings. The van der Waals surface area contributed by atoms with Crippen LogP contribution in [-0.4, -0.2) is 58.4 Å². The van der Waals surface area contributed by atoms with Crippen molar-refractivity contribution in [3.8, 4) is 6.07 Å². The van der Waals surface area contributed by atoms with Gasteiger partial charge in [-0.15, -0.1) is 0 Å². The van der Waals surface area contributed by atoms with Crippen molar-refractivity contribution in [1.29, 1.82) is 5.26 Å². The fourth-order valence-corrected chi connectivity index (χ4v) is 1.81. The summed E-state index contributed by atoms with van der Waals surface area (Å²) in [6.07, 6.45) is -1.60. The van der Waals surface area contributed by atoms with Gasteiger partial charge in [-0.3, -0.25) is 9.69 Å². The van der Waals surface area contributed by atoms with Crippen LogP contribution in [0.15, 0.2) is 0 Å². The Balaban J connectivity index is 2.50. The first-order valence-corrected chi connectivity index (χ1v) is 6.09. The van der Waals surface area contributed by atoms with Crippen molar-refractivity contribution < 1.29 is 15.0 Å². The van der Waals surface area contributed by atoms with Crippen LogP contribution in [0.4, 0.5) is 0 Å². The Kier molecular flexibility index (Phi) is 4.68. The minimum Gasteiger partial charge on any atom is -0.389 e. The highest BCUT2D eigenvalue weighted by Gasteiger charge is 2.33. The molecule has 18 heavy (non-hydrogen) atoms. The number of hydrogen-bond donors (Lipinski definition) is 3. The lowest BCUT2D eigenvalue weighted by atomic mass is 9.90. The molecule has 0 saturated carbocycles. The number of nitrogens with zero attached hydrogens (tertiary/aromatic N) is 2. The summed E-state index contributed by atoms with van der Waals surface area (Å²) in [5, 5.41) is 30.5. The molecule has 6 nitrogen and oxygen atoms in total. The lowest BCUT2D eigenvalue weighted by Gasteiger charge is -2.28. The number of likely N-dealkylation sites (tertiary alicyclic amines) is 1. The van der Waals surface area contributed by atoms with Crippen LogP contribution in [0.1, 0.15) is 20.8 Å². The molecule has 6 heteroatoms. The van der Waals surface area contributed by atoms with Gasteiger partial charge >= 0.3 is 0 Å². The predicted octanol–water partition coefficient (Wildman–Crippen LogP) is -0.922. The van der Waals surface area contributed by atoms with Crippen molar-refractivity contribution in [2.24, 2.45) is 5.92 Å². The van der Waals surface area contributed by atoms with Crippen LogP contribution in [0.3, 0.4) is 0 Å². The van der Waals surface area contributed by atoms with Gasteiger partial charge in [-0.2, -0.15) is 5.26 Å². The van der Waals surface area contributed by atoms with E-state index in [1.54, 1.807) is 11.8 Å². The molecule has 1 fully saturated rings. The maximum atomic E-state index is 11.8. The van der Waals surface area contributed by atoms with Gasteiger partial charge in [-0.25, -0.2) is 0 Å². The Bertz CT molecular complexity index is 343. The van der Waals surface area contributed by atoms with Crippen LogP contribution in [0, 0.1) is 17.2 Å². The quantitative estimate of drug-likeness (QED) is 0.603. The Morgan fingerprint density at radius 1 is 1.50 bits per heavy atom. The molecule has 0 radical (unpaired) electrons. The van der Waals surface area contributed by atoms with E-state index in [-0.39, 0.29) is 31.5 Å². The highest BCUT2D eigenvalue weighted by Crippen LogP contribution is 2.15. The maximum Gasteiger partial charge on any atom is 0.235 e. The Morgan fingerprint density at radius 3 is 2.39 bits per heavy atom. The Labute approximate surface area is 107 Å². The van der Waals surface area contributed by atoms with Gasteiger partial charge in [0.2, 0.25) is 5.91 Å². The zero-order valence-electron chi connectivity index (χ0n) is 11.1. The number of hydrogen-bond acceptors (Lipinski definition) is 5. The highest BCUT2D eigenvalue weighted by atomic mass is 16.3. The number of carbonyl (C=O) groups excluding carboxylic acids is 1. The van der Waals surface area contributed by atoms with E-state index in [0.29, 0.717) is 0 Å². The lowest BCUT2D eigenvalue weighted by Crippen LogP contribution is -2.51. The van der Waals surface area contributed by atoms with Crippen molar-refractivity contribution in [1.82, 2.24) is 10.2 Å². The average molecular weight is 255 g/mol. The molecular weight excluding hydrogens is 234 g/mol. The minimum absolute atomic E-state index is 0.00112. The Hall–Kier alpha value is -1.16. The molecule has 1 aliphatic heterocycles. The van der Waals surface area contributed by atoms with E-state index in [1.165, 1.54) is 0 Å². The first kappa shape index (κ1) is 14.9. The number of rotatable bonds is 4. The molecule has 1 saturated heterocycles. The van der Waals surface area contributed by atoms with Gasteiger partial charge in [0.1, 0.15) is 5.54 Å². The summed E-state index contributed by atoms with van der Waals surface area (Å²) in [5.74, 6) is -0.268. The second-order valence-electron chi connectivity index (χ2n) is 5.35.